The van der Waals surface area contributed by atoms with Crippen molar-refractivity contribution in [2.75, 3.05) is 11.4 Å². The van der Waals surface area contributed by atoms with Gasteiger partial charge in [-0.05, 0) is 48.7 Å². The van der Waals surface area contributed by atoms with Crippen molar-refractivity contribution < 1.29 is 4.73 Å². The van der Waals surface area contributed by atoms with Crippen LogP contribution < -0.4 is 9.63 Å². The van der Waals surface area contributed by atoms with Gasteiger partial charge in [0.1, 0.15) is 0 Å². The molecule has 0 spiro atoms. The van der Waals surface area contributed by atoms with Crippen LogP contribution in [-0.2, 0) is 7.05 Å². The summed E-state index contributed by atoms with van der Waals surface area (Å²) in [6.07, 6.45) is 5.91. The van der Waals surface area contributed by atoms with Crippen LogP contribution in [0.5, 0.6) is 0 Å². The van der Waals surface area contributed by atoms with Gasteiger partial charge in [0.2, 0.25) is 5.95 Å². The van der Waals surface area contributed by atoms with E-state index in [0.29, 0.717) is 28.2 Å². The van der Waals surface area contributed by atoms with E-state index >= 15 is 0 Å². The molecule has 158 valence electrons. The molecule has 0 saturated carbocycles. The minimum Gasteiger partial charge on any atom is -0.619 e. The normalized spacial score (nSPS) is 16.6. The molecule has 10 nitrogen and oxygen atoms in total. The molecule has 0 amide bonds. The number of aromatic nitrogens is 8. The summed E-state index contributed by atoms with van der Waals surface area (Å²) in [6, 6.07) is 10.8. The Balaban J connectivity index is 1.47. The predicted octanol–water partition coefficient (Wildman–Crippen LogP) is 2.48. The van der Waals surface area contributed by atoms with Crippen molar-refractivity contribution in [1.82, 2.24) is 35.0 Å². The average Bonchev–Trinajstić information content (AvgIpc) is 3.41. The van der Waals surface area contributed by atoms with Crippen LogP contribution in [-0.4, -0.2) is 41.5 Å². The maximum atomic E-state index is 11.7. The van der Waals surface area contributed by atoms with Gasteiger partial charge >= 0.3 is 0 Å². The second-order valence-corrected chi connectivity index (χ2v) is 7.89. The van der Waals surface area contributed by atoms with Crippen molar-refractivity contribution in [2.45, 2.75) is 25.3 Å². The number of nitrogens with zero attached hydrogens (tertiary/aromatic N) is 9. The second kappa shape index (κ2) is 7.95. The van der Waals surface area contributed by atoms with Gasteiger partial charge in [-0.25, -0.2) is 0 Å². The maximum absolute atomic E-state index is 11.7. The first-order valence-corrected chi connectivity index (χ1v) is 10.4. The Bertz CT molecular complexity index is 1220. The number of pyridine rings is 1. The lowest BCUT2D eigenvalue weighted by molar-refractivity contribution is -0.604. The molecular weight excluding hydrogens is 418 g/mol. The molecule has 0 unspecified atom stereocenters. The summed E-state index contributed by atoms with van der Waals surface area (Å²) < 4.78 is 2.65. The van der Waals surface area contributed by atoms with Gasteiger partial charge in [-0.2, -0.15) is 4.73 Å². The van der Waals surface area contributed by atoms with E-state index in [1.54, 1.807) is 18.2 Å². The molecule has 1 aromatic carbocycles. The minimum atomic E-state index is -0.0716. The Morgan fingerprint density at radius 1 is 1.13 bits per heavy atom. The highest BCUT2D eigenvalue weighted by molar-refractivity contribution is 6.30. The lowest BCUT2D eigenvalue weighted by atomic mass is 10.0. The fourth-order valence-corrected chi connectivity index (χ4v) is 4.10. The molecule has 11 heteroatoms. The zero-order valence-electron chi connectivity index (χ0n) is 16.8. The van der Waals surface area contributed by atoms with Crippen molar-refractivity contribution in [3.05, 3.63) is 64.8 Å². The van der Waals surface area contributed by atoms with E-state index < -0.39 is 0 Å². The molecule has 31 heavy (non-hydrogen) atoms. The highest BCUT2D eigenvalue weighted by Gasteiger charge is 2.31. The first-order chi connectivity index (χ1) is 15.1. The van der Waals surface area contributed by atoms with Crippen LogP contribution in [0.25, 0.3) is 17.1 Å². The molecule has 1 fully saturated rings. The number of anilines is 1. The molecule has 0 bridgehead atoms. The molecule has 1 saturated heterocycles. The highest BCUT2D eigenvalue weighted by Crippen LogP contribution is 2.33. The summed E-state index contributed by atoms with van der Waals surface area (Å²) in [5, 5.41) is 34.2. The van der Waals surface area contributed by atoms with Crippen LogP contribution in [0.2, 0.25) is 5.02 Å². The van der Waals surface area contributed by atoms with E-state index in [0.717, 1.165) is 36.2 Å². The smallest absolute Gasteiger partial charge is 0.227 e. The van der Waals surface area contributed by atoms with Gasteiger partial charge in [-0.3, -0.25) is 4.57 Å². The summed E-state index contributed by atoms with van der Waals surface area (Å²) in [7, 11) is 1.90. The summed E-state index contributed by atoms with van der Waals surface area (Å²) in [5.41, 5.74) is 1.46. The zero-order chi connectivity index (χ0) is 21.4. The Kier molecular flexibility index (Phi) is 4.99. The number of hydrogen-bond acceptors (Lipinski definition) is 7. The number of rotatable bonds is 4. The SMILES string of the molecule is Cn1c(-c2ccc[n+]([O-])c2)nnc1N1CCCC[C@@H]1c1nnn(-c2cccc(Cl)c2)n1. The van der Waals surface area contributed by atoms with E-state index in [2.05, 4.69) is 30.5 Å². The lowest BCUT2D eigenvalue weighted by Crippen LogP contribution is -2.36. The number of hydrogen-bond donors (Lipinski definition) is 0. The molecule has 4 aromatic rings. The van der Waals surface area contributed by atoms with Gasteiger partial charge in [0, 0.05) is 24.7 Å². The number of benzene rings is 1. The third kappa shape index (κ3) is 3.70. The maximum Gasteiger partial charge on any atom is 0.227 e. The van der Waals surface area contributed by atoms with Gasteiger partial charge in [0.25, 0.3) is 0 Å². The van der Waals surface area contributed by atoms with Gasteiger partial charge in [0.15, 0.2) is 24.0 Å². The van der Waals surface area contributed by atoms with Crippen LogP contribution in [0.15, 0.2) is 48.8 Å². The zero-order valence-corrected chi connectivity index (χ0v) is 17.6. The van der Waals surface area contributed by atoms with Crippen molar-refractivity contribution >= 4 is 17.5 Å². The molecule has 1 aliphatic rings. The largest absolute Gasteiger partial charge is 0.619 e. The van der Waals surface area contributed by atoms with Crippen LogP contribution in [0, 0.1) is 5.21 Å². The molecule has 5 rings (SSSR count). The molecule has 0 aliphatic carbocycles. The topological polar surface area (TPSA) is 104 Å². The Labute approximate surface area is 183 Å². The summed E-state index contributed by atoms with van der Waals surface area (Å²) in [6.45, 7) is 0.804. The van der Waals surface area contributed by atoms with Crippen molar-refractivity contribution in [2.24, 2.45) is 7.05 Å². The first-order valence-electron chi connectivity index (χ1n) is 10.0. The van der Waals surface area contributed by atoms with Gasteiger partial charge in [-0.1, -0.05) is 17.7 Å². The first kappa shape index (κ1) is 19.4. The lowest BCUT2D eigenvalue weighted by Gasteiger charge is -2.34. The fraction of sp³-hybridized carbons (Fsp3) is 0.300. The summed E-state index contributed by atoms with van der Waals surface area (Å²) >= 11 is 6.10. The Morgan fingerprint density at radius 3 is 2.87 bits per heavy atom. The minimum absolute atomic E-state index is 0.0716. The van der Waals surface area contributed by atoms with Crippen LogP contribution in [0.4, 0.5) is 5.95 Å². The Morgan fingerprint density at radius 2 is 2.03 bits per heavy atom. The van der Waals surface area contributed by atoms with E-state index in [9.17, 15) is 5.21 Å². The van der Waals surface area contributed by atoms with E-state index in [1.165, 1.54) is 17.2 Å². The predicted molar refractivity (Wildman–Crippen MR) is 114 cm³/mol. The monoisotopic (exact) mass is 437 g/mol. The molecule has 0 radical (unpaired) electrons. The van der Waals surface area contributed by atoms with E-state index in [4.69, 9.17) is 11.6 Å². The average molecular weight is 438 g/mol. The second-order valence-electron chi connectivity index (χ2n) is 7.46. The summed E-state index contributed by atoms with van der Waals surface area (Å²) in [4.78, 5) is 3.65. The third-order valence-electron chi connectivity index (χ3n) is 5.41. The van der Waals surface area contributed by atoms with Gasteiger partial charge in [-0.15, -0.1) is 25.2 Å². The molecule has 1 aliphatic heterocycles. The van der Waals surface area contributed by atoms with Crippen LogP contribution in [0.1, 0.15) is 31.1 Å². The van der Waals surface area contributed by atoms with Gasteiger partial charge in [0.05, 0.1) is 17.3 Å². The van der Waals surface area contributed by atoms with Crippen molar-refractivity contribution in [3.8, 4) is 17.1 Å². The molecular formula is C20H20ClN9O. The number of tetrazole rings is 1. The number of halogens is 1. The van der Waals surface area contributed by atoms with Crippen LogP contribution >= 0.6 is 11.6 Å². The summed E-state index contributed by atoms with van der Waals surface area (Å²) in [5.74, 6) is 1.96. The number of piperidine rings is 1. The Hall–Kier alpha value is -3.53. The van der Waals surface area contributed by atoms with Crippen LogP contribution in [0.3, 0.4) is 0 Å². The molecule has 1 atom stereocenters. The highest BCUT2D eigenvalue weighted by atomic mass is 35.5. The standard InChI is InChI=1S/C20H20ClN9O/c1-27-19(14-6-5-10-28(31)13-14)23-24-20(27)29-11-3-2-9-17(29)18-22-26-30(25-18)16-8-4-7-15(21)12-16/h4-8,10,12-13,17H,2-3,9,11H2,1H3/t17-/m1/s1. The van der Waals surface area contributed by atoms with Gasteiger partial charge < -0.3 is 10.1 Å². The quantitative estimate of drug-likeness (QED) is 0.356. The molecule has 0 N–H and O–H groups in total. The molecule has 3 aromatic heterocycles. The molecule has 4 heterocycles. The van der Waals surface area contributed by atoms with Crippen molar-refractivity contribution in [1.29, 1.82) is 0 Å². The fourth-order valence-electron chi connectivity index (χ4n) is 3.92. The van der Waals surface area contributed by atoms with E-state index in [1.807, 2.05) is 29.8 Å². The van der Waals surface area contributed by atoms with Crippen molar-refractivity contribution in [3.63, 3.8) is 0 Å². The third-order valence-corrected chi connectivity index (χ3v) is 5.65. The van der Waals surface area contributed by atoms with E-state index in [-0.39, 0.29) is 6.04 Å².